The Labute approximate surface area is 220 Å². The summed E-state index contributed by atoms with van der Waals surface area (Å²) in [5, 5.41) is 13.6. The van der Waals surface area contributed by atoms with Crippen LogP contribution in [0.1, 0.15) is 29.3 Å². The first-order valence-electron chi connectivity index (χ1n) is 12.2. The number of amides is 1. The molecule has 0 bridgehead atoms. The van der Waals surface area contributed by atoms with Gasteiger partial charge in [-0.2, -0.15) is 0 Å². The van der Waals surface area contributed by atoms with Crippen LogP contribution in [0.4, 0.5) is 4.39 Å². The molecule has 8 nitrogen and oxygen atoms in total. The van der Waals surface area contributed by atoms with E-state index in [2.05, 4.69) is 15.0 Å². The molecule has 1 aromatic heterocycles. The maximum absolute atomic E-state index is 13.8. The topological polar surface area (TPSA) is 121 Å². The van der Waals surface area contributed by atoms with Crippen molar-refractivity contribution in [1.29, 1.82) is 0 Å². The van der Waals surface area contributed by atoms with Crippen molar-refractivity contribution in [3.63, 3.8) is 0 Å². The number of rotatable bonds is 11. The van der Waals surface area contributed by atoms with Crippen molar-refractivity contribution in [2.24, 2.45) is 0 Å². The summed E-state index contributed by atoms with van der Waals surface area (Å²) in [6, 6.07) is 15.3. The molecular formula is C28H30FN3O5S. The molecule has 1 heterocycles. The molecule has 0 aliphatic carbocycles. The minimum absolute atomic E-state index is 0.102. The van der Waals surface area contributed by atoms with Gasteiger partial charge in [-0.3, -0.25) is 4.79 Å². The Hall–Kier alpha value is -3.73. The fourth-order valence-electron chi connectivity index (χ4n) is 4.19. The predicted molar refractivity (Wildman–Crippen MR) is 144 cm³/mol. The zero-order valence-electron chi connectivity index (χ0n) is 21.1. The number of halogens is 1. The van der Waals surface area contributed by atoms with Crippen LogP contribution in [0.3, 0.4) is 0 Å². The third-order valence-electron chi connectivity index (χ3n) is 6.18. The molecule has 4 rings (SSSR count). The fourth-order valence-corrected chi connectivity index (χ4v) is 4.97. The lowest BCUT2D eigenvalue weighted by atomic mass is 10.0. The number of sulfonamides is 1. The van der Waals surface area contributed by atoms with Crippen molar-refractivity contribution >= 4 is 26.8 Å². The van der Waals surface area contributed by atoms with E-state index in [0.717, 1.165) is 17.5 Å². The van der Waals surface area contributed by atoms with Gasteiger partial charge in [0.1, 0.15) is 11.6 Å². The minimum Gasteiger partial charge on any atom is -0.493 e. The van der Waals surface area contributed by atoms with E-state index >= 15 is 0 Å². The fraction of sp³-hybridized carbons (Fsp3) is 0.250. The Morgan fingerprint density at radius 2 is 1.89 bits per heavy atom. The number of ether oxygens (including phenoxy) is 1. The summed E-state index contributed by atoms with van der Waals surface area (Å²) in [7, 11) is -2.30. The van der Waals surface area contributed by atoms with Gasteiger partial charge in [-0.25, -0.2) is 17.5 Å². The Morgan fingerprint density at radius 3 is 2.63 bits per heavy atom. The summed E-state index contributed by atoms with van der Waals surface area (Å²) >= 11 is 0. The summed E-state index contributed by atoms with van der Waals surface area (Å²) < 4.78 is 46.5. The average molecular weight is 540 g/mol. The lowest BCUT2D eigenvalue weighted by molar-refractivity contribution is 0.0912. The van der Waals surface area contributed by atoms with Crippen LogP contribution in [-0.4, -0.2) is 50.7 Å². The zero-order valence-corrected chi connectivity index (χ0v) is 21.9. The molecule has 1 amide bonds. The molecule has 0 aliphatic rings. The van der Waals surface area contributed by atoms with Gasteiger partial charge in [0, 0.05) is 17.1 Å². The highest BCUT2D eigenvalue weighted by Gasteiger charge is 2.20. The number of carbonyl (C=O) groups is 1. The van der Waals surface area contributed by atoms with Crippen molar-refractivity contribution in [3.8, 4) is 16.9 Å². The number of hydrogen-bond donors (Lipinski definition) is 4. The molecule has 200 valence electrons. The summed E-state index contributed by atoms with van der Waals surface area (Å²) in [6.07, 6.45) is 2.76. The standard InChI is InChI=1S/C28H30FN3O5S/c1-3-11-37-27-10-7-19(18-5-4-6-23(13-18)38(35,36)30-2)14-25(27)28(34)32-22(17-33)12-20-16-31-26-9-8-21(29)15-24(20)26/h4-10,13-16,22,30-31,33H,3,11-12,17H2,1-2H3,(H,32,34). The molecule has 0 spiro atoms. The lowest BCUT2D eigenvalue weighted by Crippen LogP contribution is -2.39. The summed E-state index contributed by atoms with van der Waals surface area (Å²) in [5.74, 6) is -0.455. The molecule has 10 heteroatoms. The average Bonchev–Trinajstić information content (AvgIpc) is 3.32. The van der Waals surface area contributed by atoms with E-state index < -0.39 is 22.0 Å². The van der Waals surface area contributed by atoms with E-state index in [1.165, 1.54) is 31.3 Å². The number of aromatic nitrogens is 1. The summed E-state index contributed by atoms with van der Waals surface area (Å²) in [6.45, 7) is 2.02. The van der Waals surface area contributed by atoms with E-state index in [1.54, 1.807) is 42.6 Å². The largest absolute Gasteiger partial charge is 0.493 e. The van der Waals surface area contributed by atoms with Crippen molar-refractivity contribution in [3.05, 3.63) is 83.8 Å². The van der Waals surface area contributed by atoms with Gasteiger partial charge < -0.3 is 20.1 Å². The van der Waals surface area contributed by atoms with E-state index in [4.69, 9.17) is 4.74 Å². The number of hydrogen-bond acceptors (Lipinski definition) is 5. The van der Waals surface area contributed by atoms with Crippen LogP contribution in [0, 0.1) is 5.82 Å². The van der Waals surface area contributed by atoms with Crippen LogP contribution in [-0.2, 0) is 16.4 Å². The minimum atomic E-state index is -3.65. The molecule has 38 heavy (non-hydrogen) atoms. The van der Waals surface area contributed by atoms with Crippen LogP contribution >= 0.6 is 0 Å². The SMILES string of the molecule is CCCOc1ccc(-c2cccc(S(=O)(=O)NC)c2)cc1C(=O)NC(CO)Cc1c[nH]c2ccc(F)cc12. The third kappa shape index (κ3) is 6.04. The van der Waals surface area contributed by atoms with Crippen molar-refractivity contribution < 1.29 is 27.4 Å². The first-order valence-corrected chi connectivity index (χ1v) is 13.7. The van der Waals surface area contributed by atoms with Crippen LogP contribution in [0.15, 0.2) is 71.8 Å². The molecular weight excluding hydrogens is 509 g/mol. The maximum atomic E-state index is 13.8. The summed E-state index contributed by atoms with van der Waals surface area (Å²) in [5.41, 5.74) is 3.01. The van der Waals surface area contributed by atoms with Crippen LogP contribution in [0.2, 0.25) is 0 Å². The molecule has 3 aromatic carbocycles. The van der Waals surface area contributed by atoms with E-state index in [9.17, 15) is 22.7 Å². The Morgan fingerprint density at radius 1 is 1.11 bits per heavy atom. The number of aliphatic hydroxyl groups excluding tert-OH is 1. The number of benzene rings is 3. The second kappa shape index (κ2) is 11.8. The molecule has 4 N–H and O–H groups in total. The molecule has 0 fully saturated rings. The van der Waals surface area contributed by atoms with E-state index in [1.807, 2.05) is 6.92 Å². The van der Waals surface area contributed by atoms with Crippen LogP contribution in [0.25, 0.3) is 22.0 Å². The predicted octanol–water partition coefficient (Wildman–Crippen LogP) is 4.00. The second-order valence-corrected chi connectivity index (χ2v) is 10.7. The number of aromatic amines is 1. The van der Waals surface area contributed by atoms with E-state index in [0.29, 0.717) is 28.9 Å². The molecule has 1 unspecified atom stereocenters. The Kier molecular flexibility index (Phi) is 8.45. The molecule has 0 radical (unpaired) electrons. The number of carbonyl (C=O) groups excluding carboxylic acids is 1. The Balaban J connectivity index is 1.63. The quantitative estimate of drug-likeness (QED) is 0.230. The molecule has 4 aromatic rings. The van der Waals surface area contributed by atoms with Gasteiger partial charge in [0.2, 0.25) is 10.0 Å². The van der Waals surface area contributed by atoms with Crippen molar-refractivity contribution in [1.82, 2.24) is 15.0 Å². The van der Waals surface area contributed by atoms with Gasteiger partial charge >= 0.3 is 0 Å². The number of H-pyrrole nitrogens is 1. The van der Waals surface area contributed by atoms with Gasteiger partial charge in [0.25, 0.3) is 5.91 Å². The van der Waals surface area contributed by atoms with Gasteiger partial charge in [0.15, 0.2) is 0 Å². The highest BCUT2D eigenvalue weighted by Crippen LogP contribution is 2.29. The highest BCUT2D eigenvalue weighted by molar-refractivity contribution is 7.89. The van der Waals surface area contributed by atoms with Crippen molar-refractivity contribution in [2.45, 2.75) is 30.7 Å². The second-order valence-electron chi connectivity index (χ2n) is 8.86. The number of aliphatic hydroxyl groups is 1. The van der Waals surface area contributed by atoms with Crippen LogP contribution in [0.5, 0.6) is 5.75 Å². The van der Waals surface area contributed by atoms with Gasteiger partial charge in [-0.1, -0.05) is 25.1 Å². The highest BCUT2D eigenvalue weighted by atomic mass is 32.2. The zero-order chi connectivity index (χ0) is 27.3. The first kappa shape index (κ1) is 27.3. The van der Waals surface area contributed by atoms with Gasteiger partial charge in [-0.05, 0) is 79.0 Å². The normalized spacial score (nSPS) is 12.4. The molecule has 0 aliphatic heterocycles. The maximum Gasteiger partial charge on any atom is 0.255 e. The van der Waals surface area contributed by atoms with Gasteiger partial charge in [0.05, 0.1) is 29.7 Å². The first-order chi connectivity index (χ1) is 18.2. The van der Waals surface area contributed by atoms with Crippen LogP contribution < -0.4 is 14.8 Å². The third-order valence-corrected chi connectivity index (χ3v) is 7.60. The van der Waals surface area contributed by atoms with Crippen molar-refractivity contribution in [2.75, 3.05) is 20.3 Å². The van der Waals surface area contributed by atoms with Gasteiger partial charge in [-0.15, -0.1) is 0 Å². The molecule has 1 atom stereocenters. The number of nitrogens with one attached hydrogen (secondary N) is 3. The lowest BCUT2D eigenvalue weighted by Gasteiger charge is -2.18. The number of fused-ring (bicyclic) bond motifs is 1. The Bertz CT molecular complexity index is 1550. The summed E-state index contributed by atoms with van der Waals surface area (Å²) in [4.78, 5) is 16.6. The smallest absolute Gasteiger partial charge is 0.255 e. The molecule has 0 saturated carbocycles. The van der Waals surface area contributed by atoms with E-state index in [-0.39, 0.29) is 29.3 Å². The molecule has 0 saturated heterocycles. The monoisotopic (exact) mass is 539 g/mol.